The highest BCUT2D eigenvalue weighted by Crippen LogP contribution is 2.33. The van der Waals surface area contributed by atoms with Gasteiger partial charge >= 0.3 is 0 Å². The maximum atomic E-state index is 13.2. The molecule has 0 bridgehead atoms. The molecule has 1 unspecified atom stereocenters. The van der Waals surface area contributed by atoms with Crippen molar-refractivity contribution in [3.8, 4) is 0 Å². The van der Waals surface area contributed by atoms with Gasteiger partial charge in [0.15, 0.2) is 0 Å². The van der Waals surface area contributed by atoms with Gasteiger partial charge in [0.2, 0.25) is 0 Å². The molecule has 7 heteroatoms. The Balaban J connectivity index is 1.57. The van der Waals surface area contributed by atoms with E-state index in [-0.39, 0.29) is 24.4 Å². The van der Waals surface area contributed by atoms with E-state index in [2.05, 4.69) is 15.7 Å². The van der Waals surface area contributed by atoms with Crippen LogP contribution in [0.1, 0.15) is 45.3 Å². The number of hydrogen-bond donors (Lipinski definition) is 2. The van der Waals surface area contributed by atoms with E-state index in [4.69, 9.17) is 4.42 Å². The molecule has 1 aliphatic rings. The first-order chi connectivity index (χ1) is 15.5. The lowest BCUT2D eigenvalue weighted by molar-refractivity contribution is -0.131. The van der Waals surface area contributed by atoms with Crippen molar-refractivity contribution in [3.63, 3.8) is 0 Å². The third-order valence-electron chi connectivity index (χ3n) is 5.58. The SMILES string of the molecule is CNC(=O)c1c(C)cccc1NCC(=O)N1N=C(c2ccc(C)cc2)CC1c1ccco1. The zero-order valence-corrected chi connectivity index (χ0v) is 18.4. The average Bonchev–Trinajstić information content (AvgIpc) is 3.47. The van der Waals surface area contributed by atoms with Crippen LogP contribution in [0.4, 0.5) is 5.69 Å². The molecule has 3 aromatic rings. The molecular formula is C25H26N4O3. The number of rotatable bonds is 6. The summed E-state index contributed by atoms with van der Waals surface area (Å²) in [6.07, 6.45) is 2.17. The molecule has 2 heterocycles. The van der Waals surface area contributed by atoms with E-state index in [1.54, 1.807) is 19.4 Å². The third-order valence-corrected chi connectivity index (χ3v) is 5.58. The number of benzene rings is 2. The highest BCUT2D eigenvalue weighted by atomic mass is 16.3. The van der Waals surface area contributed by atoms with Crippen LogP contribution in [-0.2, 0) is 4.79 Å². The molecule has 0 saturated carbocycles. The first-order valence-electron chi connectivity index (χ1n) is 10.5. The number of nitrogens with one attached hydrogen (secondary N) is 2. The van der Waals surface area contributed by atoms with Gasteiger partial charge < -0.3 is 15.1 Å². The van der Waals surface area contributed by atoms with Crippen LogP contribution in [0.3, 0.4) is 0 Å². The van der Waals surface area contributed by atoms with Gasteiger partial charge in [0.25, 0.3) is 11.8 Å². The summed E-state index contributed by atoms with van der Waals surface area (Å²) < 4.78 is 5.60. The van der Waals surface area contributed by atoms with Crippen molar-refractivity contribution in [2.24, 2.45) is 5.10 Å². The lowest BCUT2D eigenvalue weighted by Crippen LogP contribution is -2.32. The van der Waals surface area contributed by atoms with Crippen molar-refractivity contribution in [1.29, 1.82) is 0 Å². The number of carbonyl (C=O) groups excluding carboxylic acids is 2. The first-order valence-corrected chi connectivity index (χ1v) is 10.5. The summed E-state index contributed by atoms with van der Waals surface area (Å²) in [4.78, 5) is 25.5. The number of carbonyl (C=O) groups is 2. The second kappa shape index (κ2) is 9.09. The Labute approximate surface area is 187 Å². The van der Waals surface area contributed by atoms with E-state index < -0.39 is 0 Å². The number of nitrogens with zero attached hydrogens (tertiary/aromatic N) is 2. The highest BCUT2D eigenvalue weighted by molar-refractivity contribution is 6.04. The summed E-state index contributed by atoms with van der Waals surface area (Å²) in [5.41, 5.74) is 4.94. The number of furan rings is 1. The largest absolute Gasteiger partial charge is 0.467 e. The fourth-order valence-electron chi connectivity index (χ4n) is 3.86. The van der Waals surface area contributed by atoms with Gasteiger partial charge in [-0.2, -0.15) is 5.10 Å². The van der Waals surface area contributed by atoms with E-state index in [1.165, 1.54) is 5.01 Å². The fourth-order valence-corrected chi connectivity index (χ4v) is 3.86. The zero-order valence-electron chi connectivity index (χ0n) is 18.4. The molecule has 4 rings (SSSR count). The molecule has 1 atom stereocenters. The van der Waals surface area contributed by atoms with Gasteiger partial charge in [-0.05, 0) is 43.2 Å². The molecule has 0 radical (unpaired) electrons. The molecule has 0 aliphatic carbocycles. The van der Waals surface area contributed by atoms with Crippen molar-refractivity contribution >= 4 is 23.2 Å². The monoisotopic (exact) mass is 430 g/mol. The Morgan fingerprint density at radius 3 is 2.56 bits per heavy atom. The second-order valence-electron chi connectivity index (χ2n) is 7.82. The van der Waals surface area contributed by atoms with Crippen LogP contribution in [0.2, 0.25) is 0 Å². The maximum absolute atomic E-state index is 13.2. The molecule has 2 N–H and O–H groups in total. The Morgan fingerprint density at radius 1 is 1.09 bits per heavy atom. The fraction of sp³-hybridized carbons (Fsp3) is 0.240. The van der Waals surface area contributed by atoms with Gasteiger partial charge in [-0.3, -0.25) is 9.59 Å². The number of anilines is 1. The molecule has 2 amide bonds. The molecule has 164 valence electrons. The lowest BCUT2D eigenvalue weighted by Gasteiger charge is -2.21. The number of hydrazone groups is 1. The van der Waals surface area contributed by atoms with Crippen LogP contribution >= 0.6 is 0 Å². The standard InChI is InChI=1S/C25H26N4O3/c1-16-9-11-18(12-10-16)20-14-21(22-8-5-13-32-22)29(28-20)23(30)15-27-19-7-4-6-17(2)24(19)25(31)26-3/h4-13,21,27H,14-15H2,1-3H3,(H,26,31). The summed E-state index contributed by atoms with van der Waals surface area (Å²) in [6.45, 7) is 3.89. The van der Waals surface area contributed by atoms with Crippen molar-refractivity contribution in [1.82, 2.24) is 10.3 Å². The minimum absolute atomic E-state index is 0.00463. The van der Waals surface area contributed by atoms with E-state index in [1.807, 2.05) is 62.4 Å². The highest BCUT2D eigenvalue weighted by Gasteiger charge is 2.34. The summed E-state index contributed by atoms with van der Waals surface area (Å²) in [7, 11) is 1.59. The van der Waals surface area contributed by atoms with Gasteiger partial charge in [0.1, 0.15) is 11.8 Å². The number of amides is 2. The Morgan fingerprint density at radius 2 is 1.88 bits per heavy atom. The smallest absolute Gasteiger partial charge is 0.262 e. The Bertz CT molecular complexity index is 1150. The summed E-state index contributed by atoms with van der Waals surface area (Å²) >= 11 is 0. The van der Waals surface area contributed by atoms with Crippen LogP contribution in [0.5, 0.6) is 0 Å². The van der Waals surface area contributed by atoms with Crippen LogP contribution in [0.15, 0.2) is 70.4 Å². The molecule has 32 heavy (non-hydrogen) atoms. The minimum Gasteiger partial charge on any atom is -0.467 e. The van der Waals surface area contributed by atoms with Crippen LogP contribution in [0, 0.1) is 13.8 Å². The molecule has 1 aromatic heterocycles. The van der Waals surface area contributed by atoms with Gasteiger partial charge in [-0.15, -0.1) is 0 Å². The summed E-state index contributed by atoms with van der Waals surface area (Å²) in [5.74, 6) is 0.274. The van der Waals surface area contributed by atoms with Crippen LogP contribution in [0.25, 0.3) is 0 Å². The molecule has 0 saturated heterocycles. The Hall–Kier alpha value is -3.87. The van der Waals surface area contributed by atoms with Gasteiger partial charge in [0, 0.05) is 19.2 Å². The first kappa shape index (κ1) is 21.4. The van der Waals surface area contributed by atoms with Crippen LogP contribution < -0.4 is 10.6 Å². The third kappa shape index (κ3) is 4.27. The van der Waals surface area contributed by atoms with E-state index >= 15 is 0 Å². The number of aryl methyl sites for hydroxylation is 2. The molecule has 1 aliphatic heterocycles. The average molecular weight is 431 g/mol. The van der Waals surface area contributed by atoms with E-state index in [0.29, 0.717) is 23.4 Å². The second-order valence-corrected chi connectivity index (χ2v) is 7.82. The van der Waals surface area contributed by atoms with Crippen molar-refractivity contribution in [3.05, 3.63) is 88.9 Å². The predicted molar refractivity (Wildman–Crippen MR) is 124 cm³/mol. The predicted octanol–water partition coefficient (Wildman–Crippen LogP) is 4.05. The Kier molecular flexibility index (Phi) is 6.07. The molecule has 7 nitrogen and oxygen atoms in total. The molecule has 0 spiro atoms. The van der Waals surface area contributed by atoms with Crippen molar-refractivity contribution in [2.45, 2.75) is 26.3 Å². The normalized spacial score (nSPS) is 15.4. The van der Waals surface area contributed by atoms with Crippen molar-refractivity contribution in [2.75, 3.05) is 18.9 Å². The summed E-state index contributed by atoms with van der Waals surface area (Å²) in [5, 5.41) is 11.9. The van der Waals surface area contributed by atoms with E-state index in [9.17, 15) is 9.59 Å². The quantitative estimate of drug-likeness (QED) is 0.618. The van der Waals surface area contributed by atoms with Gasteiger partial charge in [-0.1, -0.05) is 42.0 Å². The maximum Gasteiger partial charge on any atom is 0.262 e. The number of hydrogen-bond acceptors (Lipinski definition) is 5. The molecule has 2 aromatic carbocycles. The van der Waals surface area contributed by atoms with E-state index in [0.717, 1.165) is 22.4 Å². The molecule has 0 fully saturated rings. The minimum atomic E-state index is -0.313. The zero-order chi connectivity index (χ0) is 22.7. The summed E-state index contributed by atoms with van der Waals surface area (Å²) in [6, 6.07) is 17.0. The topological polar surface area (TPSA) is 86.9 Å². The molecular weight excluding hydrogens is 404 g/mol. The van der Waals surface area contributed by atoms with Crippen LogP contribution in [-0.4, -0.2) is 36.1 Å². The van der Waals surface area contributed by atoms with Gasteiger partial charge in [-0.25, -0.2) is 5.01 Å². The van der Waals surface area contributed by atoms with Gasteiger partial charge in [0.05, 0.1) is 24.1 Å². The van der Waals surface area contributed by atoms with Crippen molar-refractivity contribution < 1.29 is 14.0 Å². The lowest BCUT2D eigenvalue weighted by atomic mass is 10.0.